The van der Waals surface area contributed by atoms with Crippen LogP contribution in [0.2, 0.25) is 0 Å². The summed E-state index contributed by atoms with van der Waals surface area (Å²) in [5.74, 6) is -0.863. The number of carbonyl (C=O) groups is 2. The fraction of sp³-hybridized carbons (Fsp3) is 0.639. The first-order chi connectivity index (χ1) is 34.8. The SMILES string of the molecule is CC/C=C\C/C=C\C/C=C\C/C=C\C/C=C\C/C=C\CCCCCCC(=O)OC(COC(=O)CCCCCCCCCCCCCCCC/C=C\C/C=C\C/C=C\C/C=C\CC)COP(=O)(O)OCCN. The number of rotatable bonds is 51. The molecule has 0 saturated heterocycles. The van der Waals surface area contributed by atoms with Gasteiger partial charge in [-0.1, -0.05) is 225 Å². The third-order valence-electron chi connectivity index (χ3n) is 11.3. The van der Waals surface area contributed by atoms with E-state index >= 15 is 0 Å². The summed E-state index contributed by atoms with van der Waals surface area (Å²) in [4.78, 5) is 35.2. The second-order valence-corrected chi connectivity index (χ2v) is 19.5. The minimum absolute atomic E-state index is 0.0426. The largest absolute Gasteiger partial charge is 0.472 e. The summed E-state index contributed by atoms with van der Waals surface area (Å²) in [7, 11) is -4.40. The van der Waals surface area contributed by atoms with Crippen molar-refractivity contribution in [2.45, 2.75) is 225 Å². The lowest BCUT2D eigenvalue weighted by atomic mass is 10.0. The predicted octanol–water partition coefficient (Wildman–Crippen LogP) is 17.6. The molecule has 0 aromatic rings. The van der Waals surface area contributed by atoms with Gasteiger partial charge in [0.25, 0.3) is 0 Å². The van der Waals surface area contributed by atoms with E-state index in [9.17, 15) is 19.0 Å². The Bertz CT molecular complexity index is 1570. The average Bonchev–Trinajstić information content (AvgIpc) is 3.36. The minimum Gasteiger partial charge on any atom is -0.462 e. The molecule has 0 bridgehead atoms. The third-order valence-corrected chi connectivity index (χ3v) is 12.3. The number of nitrogens with two attached hydrogens (primary N) is 1. The van der Waals surface area contributed by atoms with Gasteiger partial charge >= 0.3 is 19.8 Å². The number of unbranched alkanes of at least 4 members (excludes halogenated alkanes) is 18. The highest BCUT2D eigenvalue weighted by atomic mass is 31.2. The Kier molecular flexibility index (Phi) is 52.9. The van der Waals surface area contributed by atoms with Gasteiger partial charge in [0, 0.05) is 19.4 Å². The number of allylic oxidation sites excluding steroid dienone is 20. The van der Waals surface area contributed by atoms with Gasteiger partial charge in [-0.25, -0.2) is 4.57 Å². The molecule has 0 radical (unpaired) electrons. The highest BCUT2D eigenvalue weighted by molar-refractivity contribution is 7.47. The molecule has 0 aliphatic heterocycles. The van der Waals surface area contributed by atoms with Crippen LogP contribution in [0.15, 0.2) is 122 Å². The smallest absolute Gasteiger partial charge is 0.462 e. The van der Waals surface area contributed by atoms with Crippen LogP contribution < -0.4 is 5.73 Å². The normalized spacial score (nSPS) is 14.0. The Balaban J connectivity index is 4.06. The zero-order chi connectivity index (χ0) is 51.7. The average molecular weight is 1010 g/mol. The Morgan fingerprint density at radius 1 is 0.423 bits per heavy atom. The number of esters is 2. The summed E-state index contributed by atoms with van der Waals surface area (Å²) in [5, 5.41) is 0. The first kappa shape index (κ1) is 67.4. The van der Waals surface area contributed by atoms with Crippen LogP contribution >= 0.6 is 7.82 Å². The topological polar surface area (TPSA) is 134 Å². The molecule has 0 rings (SSSR count). The van der Waals surface area contributed by atoms with E-state index < -0.39 is 32.5 Å². The van der Waals surface area contributed by atoms with Crippen LogP contribution in [-0.2, 0) is 32.7 Å². The molecule has 404 valence electrons. The second kappa shape index (κ2) is 55.7. The monoisotopic (exact) mass is 1010 g/mol. The maximum atomic E-state index is 12.7. The van der Waals surface area contributed by atoms with E-state index in [1.54, 1.807) is 0 Å². The summed E-state index contributed by atoms with van der Waals surface area (Å²) in [5.41, 5.74) is 5.38. The molecule has 0 saturated carbocycles. The van der Waals surface area contributed by atoms with Gasteiger partial charge in [-0.05, 0) is 103 Å². The Labute approximate surface area is 434 Å². The molecule has 9 nitrogen and oxygen atoms in total. The van der Waals surface area contributed by atoms with Gasteiger partial charge in [-0.15, -0.1) is 0 Å². The summed E-state index contributed by atoms with van der Waals surface area (Å²) in [6, 6.07) is 0. The Hall–Kier alpha value is -3.59. The van der Waals surface area contributed by atoms with Crippen LogP contribution in [0.3, 0.4) is 0 Å². The quantitative estimate of drug-likeness (QED) is 0.0264. The van der Waals surface area contributed by atoms with Gasteiger partial charge in [0.2, 0.25) is 0 Å². The van der Waals surface area contributed by atoms with Crippen LogP contribution in [0.4, 0.5) is 0 Å². The highest BCUT2D eigenvalue weighted by Crippen LogP contribution is 2.43. The van der Waals surface area contributed by atoms with Gasteiger partial charge in [0.05, 0.1) is 13.2 Å². The first-order valence-electron chi connectivity index (χ1n) is 28.0. The summed E-state index contributed by atoms with van der Waals surface area (Å²) in [6.45, 7) is 3.48. The van der Waals surface area contributed by atoms with Crippen molar-refractivity contribution in [2.24, 2.45) is 5.73 Å². The van der Waals surface area contributed by atoms with E-state index in [1.165, 1.54) is 77.0 Å². The number of ether oxygens (including phenoxy) is 2. The molecule has 71 heavy (non-hydrogen) atoms. The standard InChI is InChI=1S/C61H102NO8P/c1-3-5-7-9-11-13-15-17-19-21-23-25-27-28-29-30-32-33-35-37-39-41-43-45-47-49-51-53-60(63)67-57-59(58-69-71(65,66)68-56-55-62)70-61(64)54-52-50-48-46-44-42-40-38-36-34-31-26-24-22-20-18-16-14-12-10-8-6-4-2/h5-8,11-14,17-20,23-26,34,36,40,42,59H,3-4,9-10,15-16,21-22,27-33,35,37-39,41,43-58,62H2,1-2H3,(H,65,66)/b7-5-,8-6-,13-11-,14-12-,19-17-,20-18-,25-23-,26-24-,36-34-,42-40-. The van der Waals surface area contributed by atoms with E-state index in [0.717, 1.165) is 109 Å². The van der Waals surface area contributed by atoms with Crippen LogP contribution in [0.25, 0.3) is 0 Å². The van der Waals surface area contributed by atoms with Gasteiger partial charge in [-0.3, -0.25) is 18.6 Å². The van der Waals surface area contributed by atoms with E-state index in [4.69, 9.17) is 24.3 Å². The molecular formula is C61H102NO8P. The molecule has 2 unspecified atom stereocenters. The minimum atomic E-state index is -4.40. The Morgan fingerprint density at radius 3 is 1.08 bits per heavy atom. The lowest BCUT2D eigenvalue weighted by Crippen LogP contribution is -2.29. The molecule has 3 N–H and O–H groups in total. The molecule has 0 heterocycles. The zero-order valence-electron chi connectivity index (χ0n) is 44.9. The highest BCUT2D eigenvalue weighted by Gasteiger charge is 2.26. The van der Waals surface area contributed by atoms with E-state index in [-0.39, 0.29) is 32.6 Å². The van der Waals surface area contributed by atoms with E-state index in [1.807, 2.05) is 0 Å². The van der Waals surface area contributed by atoms with Crippen molar-refractivity contribution in [2.75, 3.05) is 26.4 Å². The maximum Gasteiger partial charge on any atom is 0.472 e. The molecule has 0 aromatic heterocycles. The van der Waals surface area contributed by atoms with Crippen molar-refractivity contribution in [3.05, 3.63) is 122 Å². The van der Waals surface area contributed by atoms with Gasteiger partial charge in [-0.2, -0.15) is 0 Å². The lowest BCUT2D eigenvalue weighted by Gasteiger charge is -2.19. The second-order valence-electron chi connectivity index (χ2n) is 18.0. The van der Waals surface area contributed by atoms with Gasteiger partial charge < -0.3 is 20.1 Å². The molecular weight excluding hydrogens is 906 g/mol. The summed E-state index contributed by atoms with van der Waals surface area (Å²) < 4.78 is 33.0. The molecule has 10 heteroatoms. The fourth-order valence-electron chi connectivity index (χ4n) is 7.28. The number of hydrogen-bond donors (Lipinski definition) is 2. The third kappa shape index (κ3) is 55.6. The predicted molar refractivity (Wildman–Crippen MR) is 302 cm³/mol. The maximum absolute atomic E-state index is 12.7. The van der Waals surface area contributed by atoms with Gasteiger partial charge in [0.15, 0.2) is 6.10 Å². The molecule has 0 fully saturated rings. The van der Waals surface area contributed by atoms with Crippen molar-refractivity contribution in [3.8, 4) is 0 Å². The van der Waals surface area contributed by atoms with Crippen LogP contribution in [0.5, 0.6) is 0 Å². The van der Waals surface area contributed by atoms with Crippen LogP contribution in [0, 0.1) is 0 Å². The first-order valence-corrected chi connectivity index (χ1v) is 29.5. The molecule has 0 aliphatic rings. The number of phosphoric ester groups is 1. The molecule has 0 aliphatic carbocycles. The van der Waals surface area contributed by atoms with E-state index in [2.05, 4.69) is 135 Å². The van der Waals surface area contributed by atoms with Crippen molar-refractivity contribution < 1.29 is 37.6 Å². The number of carbonyl (C=O) groups excluding carboxylic acids is 2. The molecule has 0 amide bonds. The number of hydrogen-bond acceptors (Lipinski definition) is 8. The van der Waals surface area contributed by atoms with Gasteiger partial charge in [0.1, 0.15) is 6.61 Å². The molecule has 0 spiro atoms. The van der Waals surface area contributed by atoms with Crippen molar-refractivity contribution >= 4 is 19.8 Å². The van der Waals surface area contributed by atoms with Crippen LogP contribution in [0.1, 0.15) is 219 Å². The van der Waals surface area contributed by atoms with Crippen molar-refractivity contribution in [1.29, 1.82) is 0 Å². The summed E-state index contributed by atoms with van der Waals surface area (Å²) in [6.07, 6.45) is 76.7. The van der Waals surface area contributed by atoms with Crippen LogP contribution in [-0.4, -0.2) is 49.3 Å². The molecule has 2 atom stereocenters. The van der Waals surface area contributed by atoms with Crippen molar-refractivity contribution in [3.63, 3.8) is 0 Å². The fourth-order valence-corrected chi connectivity index (χ4v) is 8.04. The lowest BCUT2D eigenvalue weighted by molar-refractivity contribution is -0.161. The Morgan fingerprint density at radius 2 is 0.732 bits per heavy atom. The summed E-state index contributed by atoms with van der Waals surface area (Å²) >= 11 is 0. The molecule has 0 aromatic carbocycles. The number of phosphoric acid groups is 1. The zero-order valence-corrected chi connectivity index (χ0v) is 45.8. The van der Waals surface area contributed by atoms with E-state index in [0.29, 0.717) is 6.42 Å². The van der Waals surface area contributed by atoms with Crippen molar-refractivity contribution in [1.82, 2.24) is 0 Å².